The van der Waals surface area contributed by atoms with Gasteiger partial charge in [0, 0.05) is 6.42 Å². The molecule has 105 heavy (non-hydrogen) atoms. The third-order valence-electron chi connectivity index (χ3n) is 21.9. The fourth-order valence-electron chi connectivity index (χ4n) is 14.9. The molecule has 3 rings (SSSR count). The summed E-state index contributed by atoms with van der Waals surface area (Å²) in [5, 5.41) is 121. The van der Waals surface area contributed by atoms with Crippen LogP contribution in [0.4, 0.5) is 0 Å². The van der Waals surface area contributed by atoms with Gasteiger partial charge in [0.25, 0.3) is 0 Å². The van der Waals surface area contributed by atoms with E-state index >= 15 is 0 Å². The quantitative estimate of drug-likeness (QED) is 0.0199. The van der Waals surface area contributed by atoms with Crippen molar-refractivity contribution in [2.75, 3.05) is 26.4 Å². The average Bonchev–Trinajstić information content (AvgIpc) is 0.782. The molecule has 19 heteroatoms. The Kier molecular flexibility index (Phi) is 61.7. The molecule has 0 aliphatic carbocycles. The number of allylic oxidation sites excluding steroid dienone is 5. The van der Waals surface area contributed by atoms with Crippen LogP contribution in [0.5, 0.6) is 0 Å². The summed E-state index contributed by atoms with van der Waals surface area (Å²) in [5.74, 6) is -0.282. The molecule has 17 unspecified atom stereocenters. The zero-order valence-electron chi connectivity index (χ0n) is 66.5. The van der Waals surface area contributed by atoms with Gasteiger partial charge in [0.2, 0.25) is 5.91 Å². The Morgan fingerprint density at radius 1 is 0.333 bits per heavy atom. The van der Waals surface area contributed by atoms with Crippen LogP contribution in [0.3, 0.4) is 0 Å². The second-order valence-corrected chi connectivity index (χ2v) is 31.3. The van der Waals surface area contributed by atoms with E-state index in [1.54, 1.807) is 6.08 Å². The van der Waals surface area contributed by atoms with Crippen molar-refractivity contribution in [3.05, 3.63) is 36.5 Å². The third kappa shape index (κ3) is 46.0. The maximum atomic E-state index is 13.5. The zero-order chi connectivity index (χ0) is 76.0. The SMILES string of the molecule is CCCCCCCCCCCCCCCC/C=C/CC/C=C/CC/C=C/C(O)C(COC1OC(CO)C(OC2OC(CO)C(OC3OC(CO)C(O)C(O)C3O)C(O)C2O)C(O)C1O)NC(=O)CCCCCCCCCCCCCCCCCCCCCCCCCCCCCCCCCCCCCC. The molecule has 19 nitrogen and oxygen atoms in total. The van der Waals surface area contributed by atoms with Crippen LogP contribution in [0, 0.1) is 0 Å². The summed E-state index contributed by atoms with van der Waals surface area (Å²) in [5.41, 5.74) is 0. The number of unbranched alkanes of at least 4 members (excludes halogenated alkanes) is 51. The first kappa shape index (κ1) is 97.2. The minimum Gasteiger partial charge on any atom is -0.394 e. The van der Waals surface area contributed by atoms with E-state index in [1.165, 1.54) is 295 Å². The second kappa shape index (κ2) is 66.6. The summed E-state index contributed by atoms with van der Waals surface area (Å²) in [4.78, 5) is 13.5. The van der Waals surface area contributed by atoms with E-state index in [0.717, 1.165) is 44.9 Å². The molecule has 0 aromatic carbocycles. The lowest BCUT2D eigenvalue weighted by Crippen LogP contribution is -2.66. The Bertz CT molecular complexity index is 2030. The van der Waals surface area contributed by atoms with Gasteiger partial charge in [-0.3, -0.25) is 4.79 Å². The lowest BCUT2D eigenvalue weighted by atomic mass is 9.96. The van der Waals surface area contributed by atoms with Gasteiger partial charge in [-0.2, -0.15) is 0 Å². The number of aliphatic hydroxyl groups is 11. The lowest BCUT2D eigenvalue weighted by Gasteiger charge is -2.48. The molecular formula is C86H161NO18. The monoisotopic (exact) mass is 1500 g/mol. The smallest absolute Gasteiger partial charge is 0.220 e. The van der Waals surface area contributed by atoms with E-state index in [-0.39, 0.29) is 18.9 Å². The first-order valence-electron chi connectivity index (χ1n) is 43.7. The van der Waals surface area contributed by atoms with E-state index in [2.05, 4.69) is 43.5 Å². The fraction of sp³-hybridized carbons (Fsp3) is 0.919. The zero-order valence-corrected chi connectivity index (χ0v) is 66.5. The van der Waals surface area contributed by atoms with Crippen LogP contribution in [0.25, 0.3) is 0 Å². The summed E-state index contributed by atoms with van der Waals surface area (Å²) in [6.45, 7) is 1.77. The molecule has 0 aromatic rings. The molecule has 0 radical (unpaired) electrons. The molecule has 0 saturated carbocycles. The van der Waals surface area contributed by atoms with Crippen molar-refractivity contribution in [3.8, 4) is 0 Å². The summed E-state index contributed by atoms with van der Waals surface area (Å²) in [6.07, 6.45) is 57.4. The highest BCUT2D eigenvalue weighted by Crippen LogP contribution is 2.33. The van der Waals surface area contributed by atoms with Crippen molar-refractivity contribution >= 4 is 5.91 Å². The predicted molar refractivity (Wildman–Crippen MR) is 420 cm³/mol. The Morgan fingerprint density at radius 2 is 0.610 bits per heavy atom. The van der Waals surface area contributed by atoms with Gasteiger partial charge < -0.3 is 89.9 Å². The number of ether oxygens (including phenoxy) is 6. The number of nitrogens with one attached hydrogen (secondary N) is 1. The molecule has 0 spiro atoms. The van der Waals surface area contributed by atoms with Crippen LogP contribution >= 0.6 is 0 Å². The van der Waals surface area contributed by atoms with Crippen LogP contribution in [0.1, 0.15) is 373 Å². The first-order chi connectivity index (χ1) is 51.3. The van der Waals surface area contributed by atoms with Crippen molar-refractivity contribution in [3.63, 3.8) is 0 Å². The van der Waals surface area contributed by atoms with Crippen LogP contribution in [-0.4, -0.2) is 193 Å². The van der Waals surface area contributed by atoms with Gasteiger partial charge in [-0.25, -0.2) is 0 Å². The van der Waals surface area contributed by atoms with Crippen molar-refractivity contribution in [2.45, 2.75) is 478 Å². The highest BCUT2D eigenvalue weighted by Gasteiger charge is 2.54. The van der Waals surface area contributed by atoms with Crippen molar-refractivity contribution < 1.29 is 89.4 Å². The summed E-state index contributed by atoms with van der Waals surface area (Å²) in [6, 6.07) is -0.996. The molecule has 3 saturated heterocycles. The van der Waals surface area contributed by atoms with Gasteiger partial charge in [-0.15, -0.1) is 0 Å². The number of rotatable bonds is 71. The second-order valence-electron chi connectivity index (χ2n) is 31.3. The maximum absolute atomic E-state index is 13.5. The standard InChI is InChI=1S/C86H161NO18/c1-3-5-7-9-11-13-15-17-19-21-23-25-27-29-30-31-32-33-34-35-36-37-38-39-40-42-44-46-48-50-52-54-56-58-60-62-64-74(92)87-69(70(91)63-61-59-57-55-53-51-49-47-45-43-41-28-26-24-22-20-18-16-14-12-10-8-6-4-2)68-100-84-80(98)77(95)82(72(66-89)102-84)105-86-81(99)78(96)83(73(67-90)103-86)104-85-79(97)76(94)75(93)71(65-88)101-85/h45,47,53,55,61,63,69-73,75-86,88-91,93-99H,3-44,46,48-52,54,56-60,62,64-68H2,1-2H3,(H,87,92)/b47-45+,55-53+,63-61+. The molecule has 3 aliphatic heterocycles. The number of hydrogen-bond donors (Lipinski definition) is 12. The van der Waals surface area contributed by atoms with E-state index in [1.807, 2.05) is 6.08 Å². The van der Waals surface area contributed by atoms with Crippen LogP contribution < -0.4 is 5.32 Å². The predicted octanol–water partition coefficient (Wildman–Crippen LogP) is 15.9. The van der Waals surface area contributed by atoms with E-state index in [4.69, 9.17) is 28.4 Å². The molecule has 3 heterocycles. The number of carbonyl (C=O) groups is 1. The van der Waals surface area contributed by atoms with Crippen molar-refractivity contribution in [1.29, 1.82) is 0 Å². The van der Waals surface area contributed by atoms with Crippen LogP contribution in [-0.2, 0) is 33.2 Å². The molecule has 0 bridgehead atoms. The normalized spacial score (nSPS) is 25.9. The summed E-state index contributed by atoms with van der Waals surface area (Å²) in [7, 11) is 0. The molecule has 1 amide bonds. The Hall–Kier alpha value is -1.99. The van der Waals surface area contributed by atoms with Crippen LogP contribution in [0.2, 0.25) is 0 Å². The number of amides is 1. The number of aliphatic hydroxyl groups excluding tert-OH is 11. The molecule has 618 valence electrons. The van der Waals surface area contributed by atoms with E-state index < -0.39 is 124 Å². The van der Waals surface area contributed by atoms with E-state index in [0.29, 0.717) is 12.8 Å². The summed E-state index contributed by atoms with van der Waals surface area (Å²) < 4.78 is 34.5. The first-order valence-corrected chi connectivity index (χ1v) is 43.7. The highest BCUT2D eigenvalue weighted by atomic mass is 16.8. The largest absolute Gasteiger partial charge is 0.394 e. The van der Waals surface area contributed by atoms with Gasteiger partial charge in [-0.1, -0.05) is 359 Å². The minimum atomic E-state index is -1.98. The fourth-order valence-corrected chi connectivity index (χ4v) is 14.9. The Balaban J connectivity index is 1.33. The molecule has 17 atom stereocenters. The third-order valence-corrected chi connectivity index (χ3v) is 21.9. The van der Waals surface area contributed by atoms with Gasteiger partial charge in [0.15, 0.2) is 18.9 Å². The number of hydrogen-bond acceptors (Lipinski definition) is 18. The maximum Gasteiger partial charge on any atom is 0.220 e. The minimum absolute atomic E-state index is 0.237. The molecular weight excluding hydrogens is 1330 g/mol. The Morgan fingerprint density at radius 3 is 0.952 bits per heavy atom. The average molecular weight is 1500 g/mol. The molecule has 12 N–H and O–H groups in total. The lowest BCUT2D eigenvalue weighted by molar-refractivity contribution is -0.379. The topological polar surface area (TPSA) is 307 Å². The van der Waals surface area contributed by atoms with Crippen molar-refractivity contribution in [2.24, 2.45) is 0 Å². The van der Waals surface area contributed by atoms with Gasteiger partial charge >= 0.3 is 0 Å². The van der Waals surface area contributed by atoms with Crippen molar-refractivity contribution in [1.82, 2.24) is 5.32 Å². The molecule has 3 aliphatic rings. The molecule has 0 aromatic heterocycles. The Labute approximate surface area is 638 Å². The van der Waals surface area contributed by atoms with Gasteiger partial charge in [-0.05, 0) is 44.9 Å². The highest BCUT2D eigenvalue weighted by molar-refractivity contribution is 5.76. The van der Waals surface area contributed by atoms with E-state index in [9.17, 15) is 61.0 Å². The van der Waals surface area contributed by atoms with Gasteiger partial charge in [0.05, 0.1) is 38.6 Å². The van der Waals surface area contributed by atoms with Crippen LogP contribution in [0.15, 0.2) is 36.5 Å². The summed E-state index contributed by atoms with van der Waals surface area (Å²) >= 11 is 0. The number of carbonyl (C=O) groups excluding carboxylic acids is 1. The molecule has 3 fully saturated rings. The van der Waals surface area contributed by atoms with Gasteiger partial charge in [0.1, 0.15) is 73.2 Å².